The molecule has 0 amide bonds. The Kier molecular flexibility index (Phi) is 3.49. The van der Waals surface area contributed by atoms with E-state index in [1.165, 1.54) is 36.5 Å². The quantitative estimate of drug-likeness (QED) is 0.848. The van der Waals surface area contributed by atoms with Crippen LogP contribution in [0, 0.1) is 0 Å². The molecule has 0 bridgehead atoms. The molecule has 21 heavy (non-hydrogen) atoms. The van der Waals surface area contributed by atoms with Crippen LogP contribution in [-0.2, 0) is 0 Å². The van der Waals surface area contributed by atoms with Gasteiger partial charge in [-0.2, -0.15) is 0 Å². The van der Waals surface area contributed by atoms with Gasteiger partial charge in [0.25, 0.3) is 0 Å². The standard InChI is InChI=1S/C15H22N4S2/c1-15(2)9-16-13(18-15)20-7-10-8-21-14-17-11-5-3-4-6-12(11)19(10)14/h8,11-12H,3-7,9H2,1-2H3,(H,16,18)/t11-,12+/m0/s1. The van der Waals surface area contributed by atoms with Crippen LogP contribution in [0.3, 0.4) is 0 Å². The van der Waals surface area contributed by atoms with Gasteiger partial charge in [0.05, 0.1) is 24.2 Å². The summed E-state index contributed by atoms with van der Waals surface area (Å²) in [5, 5.41) is 8.12. The Labute approximate surface area is 134 Å². The second-order valence-corrected chi connectivity index (χ2v) is 8.65. The Balaban J connectivity index is 1.40. The van der Waals surface area contributed by atoms with Crippen molar-refractivity contribution in [1.82, 2.24) is 10.2 Å². The molecule has 1 N–H and O–H groups in total. The molecule has 0 aromatic rings. The van der Waals surface area contributed by atoms with Crippen molar-refractivity contribution >= 4 is 33.9 Å². The second kappa shape index (κ2) is 5.23. The fourth-order valence-electron chi connectivity index (χ4n) is 3.46. The maximum atomic E-state index is 4.92. The zero-order chi connectivity index (χ0) is 14.4. The highest BCUT2D eigenvalue weighted by Crippen LogP contribution is 2.41. The molecule has 114 valence electrons. The lowest BCUT2D eigenvalue weighted by molar-refractivity contribution is 0.285. The number of rotatable bonds is 2. The van der Waals surface area contributed by atoms with E-state index in [1.54, 1.807) is 0 Å². The normalized spacial score (nSPS) is 33.0. The summed E-state index contributed by atoms with van der Waals surface area (Å²) in [6.45, 7) is 5.28. The molecule has 0 radical (unpaired) electrons. The number of hydrogen-bond donors (Lipinski definition) is 1. The van der Waals surface area contributed by atoms with E-state index in [-0.39, 0.29) is 5.54 Å². The Bertz CT molecular complexity index is 538. The molecule has 1 aliphatic carbocycles. The predicted molar refractivity (Wildman–Crippen MR) is 93.0 cm³/mol. The van der Waals surface area contributed by atoms with Crippen molar-refractivity contribution in [3.8, 4) is 0 Å². The minimum atomic E-state index is 0.121. The van der Waals surface area contributed by atoms with Crippen molar-refractivity contribution < 1.29 is 0 Å². The summed E-state index contributed by atoms with van der Waals surface area (Å²) >= 11 is 3.64. The molecule has 4 aliphatic rings. The summed E-state index contributed by atoms with van der Waals surface area (Å²) in [5.41, 5.74) is 1.54. The van der Waals surface area contributed by atoms with Crippen LogP contribution >= 0.6 is 23.5 Å². The van der Waals surface area contributed by atoms with Crippen LogP contribution in [0.4, 0.5) is 0 Å². The van der Waals surface area contributed by atoms with Gasteiger partial charge in [0.15, 0.2) is 10.3 Å². The average Bonchev–Trinajstić information content (AvgIpc) is 3.10. The van der Waals surface area contributed by atoms with Crippen LogP contribution in [0.15, 0.2) is 21.1 Å². The number of amidine groups is 2. The molecule has 3 heterocycles. The molecule has 4 nitrogen and oxygen atoms in total. The largest absolute Gasteiger partial charge is 0.358 e. The number of fused-ring (bicyclic) bond motifs is 3. The monoisotopic (exact) mass is 322 g/mol. The lowest BCUT2D eigenvalue weighted by Gasteiger charge is -2.32. The van der Waals surface area contributed by atoms with E-state index in [9.17, 15) is 0 Å². The minimum Gasteiger partial charge on any atom is -0.358 e. The summed E-state index contributed by atoms with van der Waals surface area (Å²) in [5.74, 6) is 0.997. The Morgan fingerprint density at radius 2 is 2.29 bits per heavy atom. The molecular formula is C15H22N4S2. The fourth-order valence-corrected chi connectivity index (χ4v) is 5.57. The van der Waals surface area contributed by atoms with Gasteiger partial charge >= 0.3 is 0 Å². The Morgan fingerprint density at radius 1 is 1.43 bits per heavy atom. The van der Waals surface area contributed by atoms with Gasteiger partial charge in [0.2, 0.25) is 0 Å². The van der Waals surface area contributed by atoms with Crippen LogP contribution in [-0.4, -0.2) is 45.2 Å². The van der Waals surface area contributed by atoms with E-state index < -0.39 is 0 Å². The molecule has 1 fully saturated rings. The van der Waals surface area contributed by atoms with E-state index in [0.717, 1.165) is 17.5 Å². The van der Waals surface area contributed by atoms with Gasteiger partial charge in [-0.3, -0.25) is 9.98 Å². The molecule has 6 heteroatoms. The second-order valence-electron chi connectivity index (χ2n) is 6.85. The number of hydrogen-bond acceptors (Lipinski definition) is 6. The predicted octanol–water partition coefficient (Wildman–Crippen LogP) is 3.03. The molecule has 0 spiro atoms. The fraction of sp³-hybridized carbons (Fsp3) is 0.733. The van der Waals surface area contributed by atoms with Gasteiger partial charge in [-0.05, 0) is 32.1 Å². The highest BCUT2D eigenvalue weighted by Gasteiger charge is 2.41. The molecule has 4 rings (SSSR count). The van der Waals surface area contributed by atoms with Crippen molar-refractivity contribution in [2.24, 2.45) is 9.98 Å². The first-order chi connectivity index (χ1) is 10.1. The van der Waals surface area contributed by atoms with Crippen molar-refractivity contribution in [3.05, 3.63) is 11.1 Å². The summed E-state index contributed by atoms with van der Waals surface area (Å²) in [6, 6.07) is 1.18. The molecule has 3 aliphatic heterocycles. The van der Waals surface area contributed by atoms with E-state index in [2.05, 4.69) is 34.5 Å². The lowest BCUT2D eigenvalue weighted by atomic mass is 9.91. The summed E-state index contributed by atoms with van der Waals surface area (Å²) < 4.78 is 0. The van der Waals surface area contributed by atoms with Crippen molar-refractivity contribution in [2.75, 3.05) is 12.3 Å². The Morgan fingerprint density at radius 3 is 3.10 bits per heavy atom. The highest BCUT2D eigenvalue weighted by molar-refractivity contribution is 8.17. The third-order valence-corrected chi connectivity index (χ3v) is 6.39. The van der Waals surface area contributed by atoms with Crippen LogP contribution in [0.25, 0.3) is 0 Å². The van der Waals surface area contributed by atoms with E-state index >= 15 is 0 Å². The SMILES string of the molecule is CC1(C)CN=C(SCC2=CSC3=N[C@H]4CCCC[C@H]4N23)N1. The molecule has 0 unspecified atom stereocenters. The highest BCUT2D eigenvalue weighted by atomic mass is 32.2. The summed E-state index contributed by atoms with van der Waals surface area (Å²) in [4.78, 5) is 12.0. The van der Waals surface area contributed by atoms with Crippen molar-refractivity contribution in [1.29, 1.82) is 0 Å². The molecule has 0 aromatic carbocycles. The van der Waals surface area contributed by atoms with Gasteiger partial charge in [-0.15, -0.1) is 0 Å². The van der Waals surface area contributed by atoms with Crippen molar-refractivity contribution in [2.45, 2.75) is 57.2 Å². The molecule has 1 saturated carbocycles. The van der Waals surface area contributed by atoms with Crippen molar-refractivity contribution in [3.63, 3.8) is 0 Å². The van der Waals surface area contributed by atoms with Gasteiger partial charge < -0.3 is 10.2 Å². The zero-order valence-corrected chi connectivity index (χ0v) is 14.3. The number of nitrogens with zero attached hydrogens (tertiary/aromatic N) is 3. The first-order valence-electron chi connectivity index (χ1n) is 7.81. The first-order valence-corrected chi connectivity index (χ1v) is 9.67. The maximum absolute atomic E-state index is 4.92. The lowest BCUT2D eigenvalue weighted by Crippen LogP contribution is -2.40. The van der Waals surface area contributed by atoms with Gasteiger partial charge in [0.1, 0.15) is 0 Å². The molecule has 0 aromatic heterocycles. The van der Waals surface area contributed by atoms with Crippen LogP contribution in [0.2, 0.25) is 0 Å². The minimum absolute atomic E-state index is 0.121. The molecule has 0 saturated heterocycles. The van der Waals surface area contributed by atoms with E-state index in [1.807, 2.05) is 23.5 Å². The van der Waals surface area contributed by atoms with Gasteiger partial charge in [-0.1, -0.05) is 36.4 Å². The maximum Gasteiger partial charge on any atom is 0.168 e. The smallest absolute Gasteiger partial charge is 0.168 e. The van der Waals surface area contributed by atoms with E-state index in [0.29, 0.717) is 12.1 Å². The van der Waals surface area contributed by atoms with Gasteiger partial charge in [0, 0.05) is 11.4 Å². The third kappa shape index (κ3) is 2.61. The van der Waals surface area contributed by atoms with Crippen LogP contribution in [0.1, 0.15) is 39.5 Å². The summed E-state index contributed by atoms with van der Waals surface area (Å²) in [7, 11) is 0. The zero-order valence-electron chi connectivity index (χ0n) is 12.6. The topological polar surface area (TPSA) is 40.0 Å². The molecular weight excluding hydrogens is 300 g/mol. The first kappa shape index (κ1) is 14.0. The van der Waals surface area contributed by atoms with Crippen LogP contribution in [0.5, 0.6) is 0 Å². The number of aliphatic imine (C=N–C) groups is 2. The average molecular weight is 323 g/mol. The molecule has 2 atom stereocenters. The van der Waals surface area contributed by atoms with Gasteiger partial charge in [-0.25, -0.2) is 0 Å². The summed E-state index contributed by atoms with van der Waals surface area (Å²) in [6.07, 6.45) is 5.27. The third-order valence-electron chi connectivity index (χ3n) is 4.54. The number of thioether (sulfide) groups is 2. The van der Waals surface area contributed by atoms with Crippen LogP contribution < -0.4 is 5.32 Å². The number of nitrogens with one attached hydrogen (secondary N) is 1. The Hall–Kier alpha value is -0.620. The van der Waals surface area contributed by atoms with E-state index in [4.69, 9.17) is 4.99 Å².